The van der Waals surface area contributed by atoms with Crippen molar-refractivity contribution in [3.8, 4) is 5.95 Å². The molecule has 0 saturated carbocycles. The molecule has 156 valence electrons. The molecular weight excluding hydrogens is 404 g/mol. The quantitative estimate of drug-likeness (QED) is 0.457. The van der Waals surface area contributed by atoms with Gasteiger partial charge < -0.3 is 16.4 Å². The van der Waals surface area contributed by atoms with Crippen molar-refractivity contribution >= 4 is 28.3 Å². The van der Waals surface area contributed by atoms with Crippen molar-refractivity contribution in [3.05, 3.63) is 71.1 Å². The van der Waals surface area contributed by atoms with Gasteiger partial charge in [0.15, 0.2) is 5.82 Å². The van der Waals surface area contributed by atoms with Gasteiger partial charge in [0.25, 0.3) is 5.95 Å². The normalized spacial score (nSPS) is 12.6. The smallest absolute Gasteiger partial charge is 0.253 e. The molecule has 4 N–H and O–H groups in total. The second kappa shape index (κ2) is 7.31. The van der Waals surface area contributed by atoms with Crippen molar-refractivity contribution in [1.29, 1.82) is 0 Å². The Balaban J connectivity index is 1.58. The van der Waals surface area contributed by atoms with E-state index in [0.717, 1.165) is 23.0 Å². The van der Waals surface area contributed by atoms with E-state index in [0.29, 0.717) is 36.2 Å². The van der Waals surface area contributed by atoms with E-state index < -0.39 is 11.7 Å². The molecule has 2 aromatic heterocycles. The van der Waals surface area contributed by atoms with Gasteiger partial charge >= 0.3 is 0 Å². The lowest BCUT2D eigenvalue weighted by atomic mass is 10.1. The Labute approximate surface area is 175 Å². The minimum Gasteiger partial charge on any atom is -0.380 e. The van der Waals surface area contributed by atoms with Crippen LogP contribution in [0.1, 0.15) is 21.6 Å². The molecular formula is C21H17F2N7O. The zero-order chi connectivity index (χ0) is 21.5. The number of amides is 1. The van der Waals surface area contributed by atoms with Gasteiger partial charge in [-0.1, -0.05) is 12.1 Å². The Hall–Kier alpha value is -4.08. The number of nitrogens with one attached hydrogen (secondary N) is 2. The largest absolute Gasteiger partial charge is 0.380 e. The Kier molecular flexibility index (Phi) is 4.46. The molecule has 31 heavy (non-hydrogen) atoms. The van der Waals surface area contributed by atoms with Gasteiger partial charge in [0.1, 0.15) is 11.6 Å². The molecule has 5 rings (SSSR count). The molecule has 1 amide bonds. The topological polar surface area (TPSA) is 111 Å². The van der Waals surface area contributed by atoms with Crippen molar-refractivity contribution in [2.24, 2.45) is 5.73 Å². The zero-order valence-electron chi connectivity index (χ0n) is 16.2. The predicted octanol–water partition coefficient (Wildman–Crippen LogP) is 2.77. The maximum Gasteiger partial charge on any atom is 0.253 e. The molecule has 0 bridgehead atoms. The van der Waals surface area contributed by atoms with Gasteiger partial charge in [-0.25, -0.2) is 13.8 Å². The molecule has 0 spiro atoms. The zero-order valence-corrected chi connectivity index (χ0v) is 16.2. The summed E-state index contributed by atoms with van der Waals surface area (Å²) in [5, 5.41) is 11.1. The van der Waals surface area contributed by atoms with Gasteiger partial charge in [-0.3, -0.25) is 4.79 Å². The van der Waals surface area contributed by atoms with Crippen LogP contribution in [-0.2, 0) is 13.0 Å². The Morgan fingerprint density at radius 1 is 1.19 bits per heavy atom. The van der Waals surface area contributed by atoms with Gasteiger partial charge in [0, 0.05) is 31.0 Å². The van der Waals surface area contributed by atoms with Crippen molar-refractivity contribution < 1.29 is 13.6 Å². The van der Waals surface area contributed by atoms with Gasteiger partial charge in [0.2, 0.25) is 5.91 Å². The SMILES string of the molecule is NC(=O)c1cc(F)cc2c1cnn2-c1nc2c(c(NCc3cccc(F)c3)n1)NCC2. The number of hydrogen-bond donors (Lipinski definition) is 3. The summed E-state index contributed by atoms with van der Waals surface area (Å²) >= 11 is 0. The first kappa shape index (κ1) is 18.9. The fourth-order valence-electron chi connectivity index (χ4n) is 3.68. The second-order valence-electron chi connectivity index (χ2n) is 7.16. The maximum absolute atomic E-state index is 14.1. The number of anilines is 2. The number of carbonyl (C=O) groups excluding carboxylic acids is 1. The van der Waals surface area contributed by atoms with E-state index in [2.05, 4.69) is 25.7 Å². The Morgan fingerprint density at radius 2 is 2.06 bits per heavy atom. The van der Waals surface area contributed by atoms with Crippen LogP contribution in [0.15, 0.2) is 42.6 Å². The molecule has 8 nitrogen and oxygen atoms in total. The number of aromatic nitrogens is 4. The maximum atomic E-state index is 14.1. The first-order valence-electron chi connectivity index (χ1n) is 9.60. The number of fused-ring (bicyclic) bond motifs is 2. The number of hydrogen-bond acceptors (Lipinski definition) is 6. The van der Waals surface area contributed by atoms with Crippen molar-refractivity contribution in [2.75, 3.05) is 17.2 Å². The summed E-state index contributed by atoms with van der Waals surface area (Å²) < 4.78 is 29.0. The molecule has 10 heteroatoms. The first-order valence-corrected chi connectivity index (χ1v) is 9.60. The molecule has 0 atom stereocenters. The first-order chi connectivity index (χ1) is 15.0. The number of rotatable bonds is 5. The van der Waals surface area contributed by atoms with E-state index in [1.807, 2.05) is 0 Å². The summed E-state index contributed by atoms with van der Waals surface area (Å²) in [5.41, 5.74) is 8.04. The van der Waals surface area contributed by atoms with Crippen LogP contribution < -0.4 is 16.4 Å². The van der Waals surface area contributed by atoms with Crippen LogP contribution >= 0.6 is 0 Å². The summed E-state index contributed by atoms with van der Waals surface area (Å²) in [6.45, 7) is 1.05. The van der Waals surface area contributed by atoms with Crippen LogP contribution in [-0.4, -0.2) is 32.2 Å². The van der Waals surface area contributed by atoms with Crippen LogP contribution in [0.4, 0.5) is 20.3 Å². The molecule has 0 aliphatic carbocycles. The average molecular weight is 421 g/mol. The third-order valence-corrected chi connectivity index (χ3v) is 5.09. The van der Waals surface area contributed by atoms with Gasteiger partial charge in [-0.2, -0.15) is 14.8 Å². The summed E-state index contributed by atoms with van der Waals surface area (Å²) in [5.74, 6) is -0.936. The molecule has 4 aromatic rings. The minimum absolute atomic E-state index is 0.0357. The van der Waals surface area contributed by atoms with Crippen molar-refractivity contribution in [3.63, 3.8) is 0 Å². The van der Waals surface area contributed by atoms with Crippen LogP contribution in [0.5, 0.6) is 0 Å². The van der Waals surface area contributed by atoms with E-state index in [-0.39, 0.29) is 17.3 Å². The Morgan fingerprint density at radius 3 is 2.87 bits per heavy atom. The minimum atomic E-state index is -0.749. The lowest BCUT2D eigenvalue weighted by Crippen LogP contribution is -2.12. The number of halogens is 2. The monoisotopic (exact) mass is 421 g/mol. The number of carbonyl (C=O) groups is 1. The lowest BCUT2D eigenvalue weighted by Gasteiger charge is -2.13. The molecule has 0 saturated heterocycles. The Bertz CT molecular complexity index is 1340. The highest BCUT2D eigenvalue weighted by Gasteiger charge is 2.22. The summed E-state index contributed by atoms with van der Waals surface area (Å²) in [7, 11) is 0. The van der Waals surface area contributed by atoms with E-state index in [9.17, 15) is 13.6 Å². The van der Waals surface area contributed by atoms with Gasteiger partial charge in [-0.05, 0) is 23.8 Å². The summed E-state index contributed by atoms with van der Waals surface area (Å²) in [6, 6.07) is 8.60. The van der Waals surface area contributed by atoms with Gasteiger partial charge in [0.05, 0.1) is 28.7 Å². The molecule has 0 unspecified atom stereocenters. The van der Waals surface area contributed by atoms with Crippen LogP contribution in [0, 0.1) is 11.6 Å². The summed E-state index contributed by atoms with van der Waals surface area (Å²) in [6.07, 6.45) is 2.11. The molecule has 3 heterocycles. The number of benzene rings is 2. The highest BCUT2D eigenvalue weighted by atomic mass is 19.1. The second-order valence-corrected chi connectivity index (χ2v) is 7.16. The predicted molar refractivity (Wildman–Crippen MR) is 111 cm³/mol. The summed E-state index contributed by atoms with van der Waals surface area (Å²) in [4.78, 5) is 20.8. The highest BCUT2D eigenvalue weighted by Crippen LogP contribution is 2.30. The number of nitrogens with two attached hydrogens (primary N) is 1. The van der Waals surface area contributed by atoms with Gasteiger partial charge in [-0.15, -0.1) is 0 Å². The molecule has 0 radical (unpaired) electrons. The van der Waals surface area contributed by atoms with Crippen molar-refractivity contribution in [1.82, 2.24) is 19.7 Å². The molecule has 1 aliphatic rings. The molecule has 2 aromatic carbocycles. The van der Waals surface area contributed by atoms with E-state index in [1.165, 1.54) is 29.1 Å². The number of primary amides is 1. The average Bonchev–Trinajstić information content (AvgIpc) is 3.38. The third kappa shape index (κ3) is 3.41. The van der Waals surface area contributed by atoms with Crippen LogP contribution in [0.3, 0.4) is 0 Å². The highest BCUT2D eigenvalue weighted by molar-refractivity contribution is 6.05. The molecule has 0 fully saturated rings. The third-order valence-electron chi connectivity index (χ3n) is 5.09. The lowest BCUT2D eigenvalue weighted by molar-refractivity contribution is 0.100. The van der Waals surface area contributed by atoms with Crippen molar-refractivity contribution in [2.45, 2.75) is 13.0 Å². The standard InChI is InChI=1S/C21H17F2N7O/c22-12-3-1-2-11(6-12)9-26-20-18-16(4-5-25-18)28-21(29-20)30-17-8-13(23)7-14(19(24)31)15(17)10-27-30/h1-3,6-8,10,25H,4-5,9H2,(H2,24,31)(H,26,28,29). The van der Waals surface area contributed by atoms with E-state index >= 15 is 0 Å². The fourth-order valence-corrected chi connectivity index (χ4v) is 3.68. The number of nitrogens with zero attached hydrogens (tertiary/aromatic N) is 4. The fraction of sp³-hybridized carbons (Fsp3) is 0.143. The van der Waals surface area contributed by atoms with Crippen LogP contribution in [0.25, 0.3) is 16.9 Å². The van der Waals surface area contributed by atoms with E-state index in [1.54, 1.807) is 12.1 Å². The molecule has 1 aliphatic heterocycles. The van der Waals surface area contributed by atoms with Crippen LogP contribution in [0.2, 0.25) is 0 Å². The van der Waals surface area contributed by atoms with E-state index in [4.69, 9.17) is 5.73 Å².